The predicted molar refractivity (Wildman–Crippen MR) is 75.8 cm³/mol. The zero-order valence-electron chi connectivity index (χ0n) is 11.5. The zero-order valence-corrected chi connectivity index (χ0v) is 11.5. The second-order valence-electron chi connectivity index (χ2n) is 5.11. The molecule has 1 aromatic rings. The van der Waals surface area contributed by atoms with Gasteiger partial charge in [-0.05, 0) is 51.4 Å². The van der Waals surface area contributed by atoms with Crippen LogP contribution >= 0.6 is 0 Å². The molecule has 1 saturated heterocycles. The first-order valence-corrected chi connectivity index (χ1v) is 6.84. The van der Waals surface area contributed by atoms with Crippen LogP contribution in [0, 0.1) is 17.0 Å². The Labute approximate surface area is 117 Å². The number of carbonyl (C=O) groups is 1. The Bertz CT molecular complexity index is 508. The van der Waals surface area contributed by atoms with Gasteiger partial charge in [0, 0.05) is 23.2 Å². The molecule has 0 saturated carbocycles. The highest BCUT2D eigenvalue weighted by atomic mass is 16.6. The van der Waals surface area contributed by atoms with Crippen LogP contribution in [0.1, 0.15) is 35.2 Å². The first kappa shape index (κ1) is 14.5. The molecule has 108 valence electrons. The van der Waals surface area contributed by atoms with Gasteiger partial charge >= 0.3 is 0 Å². The highest BCUT2D eigenvalue weighted by Gasteiger charge is 2.17. The van der Waals surface area contributed by atoms with E-state index >= 15 is 0 Å². The van der Waals surface area contributed by atoms with Crippen molar-refractivity contribution < 1.29 is 9.72 Å². The fourth-order valence-electron chi connectivity index (χ4n) is 2.43. The van der Waals surface area contributed by atoms with Crippen LogP contribution in [0.2, 0.25) is 0 Å². The van der Waals surface area contributed by atoms with Gasteiger partial charge < -0.3 is 10.6 Å². The Balaban J connectivity index is 2.05. The topological polar surface area (TPSA) is 84.3 Å². The summed E-state index contributed by atoms with van der Waals surface area (Å²) in [5.41, 5.74) is 1.02. The molecule has 2 N–H and O–H groups in total. The summed E-state index contributed by atoms with van der Waals surface area (Å²) in [7, 11) is 0. The molecule has 0 radical (unpaired) electrons. The minimum Gasteiger partial charge on any atom is -0.349 e. The minimum atomic E-state index is -0.437. The molecule has 1 aromatic carbocycles. The van der Waals surface area contributed by atoms with Crippen LogP contribution in [0.4, 0.5) is 5.69 Å². The molecule has 1 heterocycles. The fraction of sp³-hybridized carbons (Fsp3) is 0.500. The van der Waals surface area contributed by atoms with Gasteiger partial charge in [-0.1, -0.05) is 0 Å². The number of nitrogens with zero attached hydrogens (tertiary/aromatic N) is 1. The van der Waals surface area contributed by atoms with Crippen molar-refractivity contribution in [3.05, 3.63) is 39.4 Å². The Morgan fingerprint density at radius 1 is 1.40 bits per heavy atom. The number of hydrogen-bond acceptors (Lipinski definition) is 4. The summed E-state index contributed by atoms with van der Waals surface area (Å²) in [6.07, 6.45) is 2.92. The van der Waals surface area contributed by atoms with Crippen molar-refractivity contribution in [1.82, 2.24) is 10.6 Å². The van der Waals surface area contributed by atoms with Gasteiger partial charge in [0.1, 0.15) is 0 Å². The molecule has 0 aromatic heterocycles. The van der Waals surface area contributed by atoms with Gasteiger partial charge in [0.25, 0.3) is 11.6 Å². The molecule has 0 bridgehead atoms. The molecule has 1 amide bonds. The van der Waals surface area contributed by atoms with E-state index in [-0.39, 0.29) is 17.6 Å². The number of rotatable bonds is 3. The fourth-order valence-corrected chi connectivity index (χ4v) is 2.43. The molecule has 1 atom stereocenters. The lowest BCUT2D eigenvalue weighted by atomic mass is 10.1. The second kappa shape index (κ2) is 6.47. The average molecular weight is 277 g/mol. The number of aryl methyl sites for hydroxylation is 1. The van der Waals surface area contributed by atoms with Gasteiger partial charge in [-0.3, -0.25) is 14.9 Å². The molecule has 1 fully saturated rings. The van der Waals surface area contributed by atoms with Crippen LogP contribution in [0.5, 0.6) is 0 Å². The smallest absolute Gasteiger partial charge is 0.272 e. The molecule has 1 aliphatic rings. The van der Waals surface area contributed by atoms with Gasteiger partial charge in [-0.2, -0.15) is 0 Å². The first-order chi connectivity index (χ1) is 9.58. The van der Waals surface area contributed by atoms with E-state index in [1.54, 1.807) is 13.0 Å². The molecule has 6 heteroatoms. The quantitative estimate of drug-likeness (QED) is 0.651. The predicted octanol–water partition coefficient (Wildman–Crippen LogP) is 1.78. The molecule has 20 heavy (non-hydrogen) atoms. The standard InChI is InChI=1S/C14H19N3O3/c1-10-9-11(4-5-13(10)17(19)20)14(18)16-12-3-2-7-15-8-6-12/h4-5,9,12,15H,2-3,6-8H2,1H3,(H,16,18). The number of amides is 1. The summed E-state index contributed by atoms with van der Waals surface area (Å²) in [6.45, 7) is 3.54. The van der Waals surface area contributed by atoms with Crippen molar-refractivity contribution >= 4 is 11.6 Å². The number of nitro groups is 1. The van der Waals surface area contributed by atoms with Crippen molar-refractivity contribution in [2.75, 3.05) is 13.1 Å². The van der Waals surface area contributed by atoms with Crippen LogP contribution in [-0.2, 0) is 0 Å². The molecule has 0 aliphatic carbocycles. The Kier molecular flexibility index (Phi) is 4.68. The number of hydrogen-bond donors (Lipinski definition) is 2. The molecule has 0 spiro atoms. The monoisotopic (exact) mass is 277 g/mol. The summed E-state index contributed by atoms with van der Waals surface area (Å²) in [5.74, 6) is -0.158. The average Bonchev–Trinajstić information content (AvgIpc) is 2.66. The second-order valence-corrected chi connectivity index (χ2v) is 5.11. The Hall–Kier alpha value is -1.95. The summed E-state index contributed by atoms with van der Waals surface area (Å²) >= 11 is 0. The molecule has 2 rings (SSSR count). The number of nitrogens with one attached hydrogen (secondary N) is 2. The Morgan fingerprint density at radius 3 is 2.90 bits per heavy atom. The van der Waals surface area contributed by atoms with Crippen molar-refractivity contribution in [2.45, 2.75) is 32.2 Å². The lowest BCUT2D eigenvalue weighted by molar-refractivity contribution is -0.385. The molecular weight excluding hydrogens is 258 g/mol. The van der Waals surface area contributed by atoms with Gasteiger partial charge in [0.2, 0.25) is 0 Å². The molecule has 1 aliphatic heterocycles. The lowest BCUT2D eigenvalue weighted by Gasteiger charge is -2.16. The normalized spacial score (nSPS) is 19.1. The van der Waals surface area contributed by atoms with E-state index < -0.39 is 4.92 Å². The van der Waals surface area contributed by atoms with Crippen LogP contribution in [0.15, 0.2) is 18.2 Å². The highest BCUT2D eigenvalue weighted by Crippen LogP contribution is 2.19. The van der Waals surface area contributed by atoms with Gasteiger partial charge in [0.05, 0.1) is 4.92 Å². The van der Waals surface area contributed by atoms with Gasteiger partial charge in [-0.25, -0.2) is 0 Å². The van der Waals surface area contributed by atoms with E-state index in [1.807, 2.05) is 0 Å². The SMILES string of the molecule is Cc1cc(C(=O)NC2CCCNCC2)ccc1[N+](=O)[O-]. The maximum atomic E-state index is 12.2. The van der Waals surface area contributed by atoms with Crippen LogP contribution in [-0.4, -0.2) is 30.0 Å². The van der Waals surface area contributed by atoms with E-state index in [0.717, 1.165) is 32.4 Å². The van der Waals surface area contributed by atoms with Crippen LogP contribution in [0.3, 0.4) is 0 Å². The van der Waals surface area contributed by atoms with Crippen molar-refractivity contribution in [2.24, 2.45) is 0 Å². The van der Waals surface area contributed by atoms with E-state index in [1.165, 1.54) is 12.1 Å². The van der Waals surface area contributed by atoms with E-state index in [4.69, 9.17) is 0 Å². The van der Waals surface area contributed by atoms with Crippen molar-refractivity contribution in [1.29, 1.82) is 0 Å². The molecule has 1 unspecified atom stereocenters. The van der Waals surface area contributed by atoms with Crippen molar-refractivity contribution in [3.63, 3.8) is 0 Å². The molecule has 6 nitrogen and oxygen atoms in total. The highest BCUT2D eigenvalue weighted by molar-refractivity contribution is 5.94. The Morgan fingerprint density at radius 2 is 2.20 bits per heavy atom. The summed E-state index contributed by atoms with van der Waals surface area (Å²) < 4.78 is 0. The largest absolute Gasteiger partial charge is 0.349 e. The van der Waals surface area contributed by atoms with Crippen LogP contribution in [0.25, 0.3) is 0 Å². The maximum Gasteiger partial charge on any atom is 0.272 e. The van der Waals surface area contributed by atoms with E-state index in [2.05, 4.69) is 10.6 Å². The summed E-state index contributed by atoms with van der Waals surface area (Å²) in [4.78, 5) is 22.5. The first-order valence-electron chi connectivity index (χ1n) is 6.84. The van der Waals surface area contributed by atoms with E-state index in [0.29, 0.717) is 11.1 Å². The third kappa shape index (κ3) is 3.54. The molecular formula is C14H19N3O3. The van der Waals surface area contributed by atoms with Gasteiger partial charge in [-0.15, -0.1) is 0 Å². The number of benzene rings is 1. The third-order valence-electron chi connectivity index (χ3n) is 3.57. The van der Waals surface area contributed by atoms with Crippen LogP contribution < -0.4 is 10.6 Å². The van der Waals surface area contributed by atoms with Crippen molar-refractivity contribution in [3.8, 4) is 0 Å². The maximum absolute atomic E-state index is 12.2. The summed E-state index contributed by atoms with van der Waals surface area (Å²) in [5, 5.41) is 17.1. The lowest BCUT2D eigenvalue weighted by Crippen LogP contribution is -2.35. The number of nitro benzene ring substituents is 1. The number of carbonyl (C=O) groups excluding carboxylic acids is 1. The third-order valence-corrected chi connectivity index (χ3v) is 3.57. The minimum absolute atomic E-state index is 0.0419. The van der Waals surface area contributed by atoms with Gasteiger partial charge in [0.15, 0.2) is 0 Å². The van der Waals surface area contributed by atoms with E-state index in [9.17, 15) is 14.9 Å². The zero-order chi connectivity index (χ0) is 14.5. The summed E-state index contributed by atoms with van der Waals surface area (Å²) in [6, 6.07) is 4.64.